The molecule has 0 radical (unpaired) electrons. The zero-order chi connectivity index (χ0) is 23.2. The second-order valence-electron chi connectivity index (χ2n) is 8.15. The number of amides is 2. The molecule has 1 saturated heterocycles. The van der Waals surface area contributed by atoms with Crippen molar-refractivity contribution in [1.29, 1.82) is 0 Å². The SMILES string of the molecule is C=CNC1=NC=C/C1=C(/C)N1CCCC(c2cccc(NC(=O)Nc3ccccc3O)c2)C1. The molecule has 0 bridgehead atoms. The zero-order valence-electron chi connectivity index (χ0n) is 18.7. The molecule has 2 aromatic rings. The smallest absolute Gasteiger partial charge is 0.323 e. The van der Waals surface area contributed by atoms with E-state index in [0.717, 1.165) is 43.0 Å². The lowest BCUT2D eigenvalue weighted by Gasteiger charge is -2.36. The number of para-hydroxylation sites is 2. The van der Waals surface area contributed by atoms with E-state index in [0.29, 0.717) is 11.6 Å². The van der Waals surface area contributed by atoms with Crippen LogP contribution in [0.1, 0.15) is 31.2 Å². The number of phenolic OH excluding ortho intramolecular Hbond substituents is 1. The first-order chi connectivity index (χ1) is 16.0. The van der Waals surface area contributed by atoms with E-state index >= 15 is 0 Å². The topological polar surface area (TPSA) is 89.0 Å². The standard InChI is InChI=1S/C26H29N5O2/c1-3-27-25-22(13-14-28-25)18(2)31-15-7-9-20(17-31)19-8-6-10-21(16-19)29-26(33)30-23-11-4-5-12-24(23)32/h3-6,8,10-14,16,20,32H,1,7,9,15,17H2,2H3,(H,27,28)(H2,29,30,33)/b22-18+. The van der Waals surface area contributed by atoms with Gasteiger partial charge in [0.2, 0.25) is 0 Å². The summed E-state index contributed by atoms with van der Waals surface area (Å²) in [6.45, 7) is 7.77. The summed E-state index contributed by atoms with van der Waals surface area (Å²) in [5.74, 6) is 1.21. The first-order valence-corrected chi connectivity index (χ1v) is 11.1. The molecule has 1 unspecified atom stereocenters. The molecule has 2 aromatic carbocycles. The maximum atomic E-state index is 12.4. The van der Waals surface area contributed by atoms with Gasteiger partial charge in [0.1, 0.15) is 11.6 Å². The maximum absolute atomic E-state index is 12.4. The van der Waals surface area contributed by atoms with Crippen molar-refractivity contribution in [2.45, 2.75) is 25.7 Å². The Morgan fingerprint density at radius 3 is 2.88 bits per heavy atom. The predicted octanol–water partition coefficient (Wildman–Crippen LogP) is 5.15. The zero-order valence-corrected chi connectivity index (χ0v) is 18.7. The molecule has 1 fully saturated rings. The fraction of sp³-hybridized carbons (Fsp3) is 0.231. The highest BCUT2D eigenvalue weighted by Gasteiger charge is 2.24. The van der Waals surface area contributed by atoms with Crippen LogP contribution in [0.25, 0.3) is 0 Å². The van der Waals surface area contributed by atoms with Gasteiger partial charge in [0.25, 0.3) is 0 Å². The number of rotatable bonds is 5. The van der Waals surface area contributed by atoms with Crippen LogP contribution in [0.15, 0.2) is 89.8 Å². The highest BCUT2D eigenvalue weighted by atomic mass is 16.3. The van der Waals surface area contributed by atoms with Crippen LogP contribution >= 0.6 is 0 Å². The average molecular weight is 444 g/mol. The minimum Gasteiger partial charge on any atom is -0.506 e. The molecule has 0 saturated carbocycles. The maximum Gasteiger partial charge on any atom is 0.323 e. The Balaban J connectivity index is 1.44. The predicted molar refractivity (Wildman–Crippen MR) is 133 cm³/mol. The molecule has 1 atom stereocenters. The Labute approximate surface area is 194 Å². The summed E-state index contributed by atoms with van der Waals surface area (Å²) in [5.41, 5.74) is 4.56. The number of nitrogens with one attached hydrogen (secondary N) is 3. The molecule has 4 rings (SSSR count). The molecule has 0 aliphatic carbocycles. The number of aliphatic imine (C=N–C) groups is 1. The van der Waals surface area contributed by atoms with Crippen molar-refractivity contribution < 1.29 is 9.90 Å². The Kier molecular flexibility index (Phi) is 6.78. The van der Waals surface area contributed by atoms with E-state index in [9.17, 15) is 9.90 Å². The molecule has 2 aliphatic rings. The molecular weight excluding hydrogens is 414 g/mol. The van der Waals surface area contributed by atoms with Gasteiger partial charge in [-0.05, 0) is 61.9 Å². The lowest BCUT2D eigenvalue weighted by Crippen LogP contribution is -2.34. The second kappa shape index (κ2) is 10.1. The number of amidine groups is 1. The third kappa shape index (κ3) is 5.26. The van der Waals surface area contributed by atoms with Crippen LogP contribution in [-0.2, 0) is 0 Å². The number of aromatic hydroxyl groups is 1. The third-order valence-electron chi connectivity index (χ3n) is 5.99. The summed E-state index contributed by atoms with van der Waals surface area (Å²) in [6.07, 6.45) is 7.66. The minimum atomic E-state index is -0.394. The van der Waals surface area contributed by atoms with E-state index in [2.05, 4.69) is 45.4 Å². The van der Waals surface area contributed by atoms with E-state index in [1.807, 2.05) is 30.5 Å². The number of phenols is 1. The van der Waals surface area contributed by atoms with Crippen LogP contribution in [0, 0.1) is 0 Å². The second-order valence-corrected chi connectivity index (χ2v) is 8.15. The van der Waals surface area contributed by atoms with Crippen LogP contribution in [0.3, 0.4) is 0 Å². The molecule has 7 nitrogen and oxygen atoms in total. The number of benzene rings is 2. The number of piperidine rings is 1. The number of carbonyl (C=O) groups is 1. The first kappa shape index (κ1) is 22.2. The van der Waals surface area contributed by atoms with Crippen molar-refractivity contribution in [3.8, 4) is 5.75 Å². The van der Waals surface area contributed by atoms with Crippen LogP contribution in [0.5, 0.6) is 5.75 Å². The van der Waals surface area contributed by atoms with E-state index in [1.165, 1.54) is 17.3 Å². The Morgan fingerprint density at radius 2 is 2.06 bits per heavy atom. The summed E-state index contributed by atoms with van der Waals surface area (Å²) in [7, 11) is 0. The monoisotopic (exact) mass is 443 g/mol. The van der Waals surface area contributed by atoms with Gasteiger partial charge >= 0.3 is 6.03 Å². The number of nitrogens with zero attached hydrogens (tertiary/aromatic N) is 2. The van der Waals surface area contributed by atoms with Crippen molar-refractivity contribution in [2.75, 3.05) is 23.7 Å². The third-order valence-corrected chi connectivity index (χ3v) is 5.99. The van der Waals surface area contributed by atoms with Crippen LogP contribution in [0.2, 0.25) is 0 Å². The van der Waals surface area contributed by atoms with Crippen molar-refractivity contribution in [3.05, 3.63) is 90.4 Å². The Hall–Kier alpha value is -4.00. The quantitative estimate of drug-likeness (QED) is 0.481. The van der Waals surface area contributed by atoms with E-state index in [-0.39, 0.29) is 5.75 Å². The van der Waals surface area contributed by atoms with Gasteiger partial charge in [-0.25, -0.2) is 9.79 Å². The lowest BCUT2D eigenvalue weighted by atomic mass is 9.90. The van der Waals surface area contributed by atoms with E-state index in [4.69, 9.17) is 0 Å². The molecule has 2 heterocycles. The van der Waals surface area contributed by atoms with Gasteiger partial charge in [-0.2, -0.15) is 0 Å². The van der Waals surface area contributed by atoms with Crippen molar-refractivity contribution in [3.63, 3.8) is 0 Å². The van der Waals surface area contributed by atoms with Gasteiger partial charge in [-0.3, -0.25) is 0 Å². The molecule has 4 N–H and O–H groups in total. The molecule has 2 amide bonds. The number of urea groups is 1. The normalized spacial score (nSPS) is 19.0. The highest BCUT2D eigenvalue weighted by molar-refractivity contribution is 6.04. The van der Waals surface area contributed by atoms with E-state index < -0.39 is 6.03 Å². The largest absolute Gasteiger partial charge is 0.506 e. The fourth-order valence-corrected chi connectivity index (χ4v) is 4.30. The van der Waals surface area contributed by atoms with Gasteiger partial charge in [-0.1, -0.05) is 30.8 Å². The molecule has 0 spiro atoms. The van der Waals surface area contributed by atoms with Crippen LogP contribution in [0.4, 0.5) is 16.2 Å². The van der Waals surface area contributed by atoms with Gasteiger partial charge in [0.15, 0.2) is 0 Å². The lowest BCUT2D eigenvalue weighted by molar-refractivity contribution is 0.258. The van der Waals surface area contributed by atoms with Crippen LogP contribution in [-0.4, -0.2) is 35.0 Å². The average Bonchev–Trinajstić information content (AvgIpc) is 3.29. The first-order valence-electron chi connectivity index (χ1n) is 11.1. The summed E-state index contributed by atoms with van der Waals surface area (Å²) in [6, 6.07) is 14.2. The molecule has 2 aliphatic heterocycles. The number of hydrogen-bond acceptors (Lipinski definition) is 5. The molecule has 170 valence electrons. The summed E-state index contributed by atoms with van der Waals surface area (Å²) in [5, 5.41) is 18.5. The molecule has 33 heavy (non-hydrogen) atoms. The molecule has 0 aromatic heterocycles. The van der Waals surface area contributed by atoms with Gasteiger partial charge in [-0.15, -0.1) is 0 Å². The summed E-state index contributed by atoms with van der Waals surface area (Å²) >= 11 is 0. The highest BCUT2D eigenvalue weighted by Crippen LogP contribution is 2.31. The van der Waals surface area contributed by atoms with Gasteiger partial charge in [0.05, 0.1) is 5.69 Å². The van der Waals surface area contributed by atoms with Gasteiger partial charge in [0, 0.05) is 42.2 Å². The van der Waals surface area contributed by atoms with E-state index in [1.54, 1.807) is 24.4 Å². The minimum absolute atomic E-state index is 0.0294. The molecule has 7 heteroatoms. The number of carbonyl (C=O) groups excluding carboxylic acids is 1. The van der Waals surface area contributed by atoms with Gasteiger partial charge < -0.3 is 26.0 Å². The Morgan fingerprint density at radius 1 is 1.21 bits per heavy atom. The summed E-state index contributed by atoms with van der Waals surface area (Å²) in [4.78, 5) is 19.2. The van der Waals surface area contributed by atoms with Crippen molar-refractivity contribution in [2.24, 2.45) is 4.99 Å². The number of hydrogen-bond donors (Lipinski definition) is 4. The number of likely N-dealkylation sites (tertiary alicyclic amines) is 1. The van der Waals surface area contributed by atoms with Crippen molar-refractivity contribution >= 4 is 23.2 Å². The number of anilines is 2. The van der Waals surface area contributed by atoms with Crippen LogP contribution < -0.4 is 16.0 Å². The number of allylic oxidation sites excluding steroid dienone is 1. The Bertz CT molecular complexity index is 1140. The summed E-state index contributed by atoms with van der Waals surface area (Å²) < 4.78 is 0. The fourth-order valence-electron chi connectivity index (χ4n) is 4.30. The molecular formula is C26H29N5O2. The van der Waals surface area contributed by atoms with Crippen molar-refractivity contribution in [1.82, 2.24) is 10.2 Å².